The van der Waals surface area contributed by atoms with E-state index in [9.17, 15) is 26.7 Å². The number of hydrazone groups is 1. The lowest BCUT2D eigenvalue weighted by Gasteiger charge is -2.19. The van der Waals surface area contributed by atoms with E-state index in [1.165, 1.54) is 11.3 Å². The number of benzene rings is 1. The Kier molecular flexibility index (Phi) is 5.59. The summed E-state index contributed by atoms with van der Waals surface area (Å²) in [4.78, 5) is 13.7. The fourth-order valence-electron chi connectivity index (χ4n) is 3.01. The molecule has 1 heterocycles. The minimum absolute atomic E-state index is 0.381. The van der Waals surface area contributed by atoms with Crippen LogP contribution in [0.2, 0.25) is 0 Å². The van der Waals surface area contributed by atoms with Crippen LogP contribution in [0.15, 0.2) is 11.2 Å². The van der Waals surface area contributed by atoms with Crippen molar-refractivity contribution in [2.45, 2.75) is 32.6 Å². The third kappa shape index (κ3) is 3.73. The number of hydrogen-bond acceptors (Lipinski definition) is 3. The predicted octanol–water partition coefficient (Wildman–Crippen LogP) is 4.72. The Hall–Kier alpha value is -2.29. The number of halogens is 5. The van der Waals surface area contributed by atoms with Gasteiger partial charge in [0, 0.05) is 4.88 Å². The van der Waals surface area contributed by atoms with Gasteiger partial charge in [-0.1, -0.05) is 13.3 Å². The zero-order valence-corrected chi connectivity index (χ0v) is 15.0. The summed E-state index contributed by atoms with van der Waals surface area (Å²) < 4.78 is 66.4. The quantitative estimate of drug-likeness (QED) is 0.260. The van der Waals surface area contributed by atoms with Gasteiger partial charge in [-0.3, -0.25) is 4.79 Å². The first-order chi connectivity index (χ1) is 12.8. The normalized spacial score (nSPS) is 16.6. The molecule has 1 atom stereocenters. The summed E-state index contributed by atoms with van der Waals surface area (Å²) in [6.45, 7) is 2.11. The third-order valence-electron chi connectivity index (χ3n) is 4.59. The summed E-state index contributed by atoms with van der Waals surface area (Å²) in [5, 5.41) is 3.34. The Labute approximate surface area is 155 Å². The van der Waals surface area contributed by atoms with Gasteiger partial charge in [-0.15, -0.1) is 11.3 Å². The molecule has 1 aliphatic carbocycles. The van der Waals surface area contributed by atoms with Crippen LogP contribution in [-0.4, -0.2) is 12.1 Å². The molecular weight excluding hydrogens is 387 g/mol. The van der Waals surface area contributed by atoms with Gasteiger partial charge in [0.05, 0.1) is 16.7 Å². The standard InChI is InChI=1S/C18H15F5N2OS/c1-2-8-3-4-11-9(5-8)6-12(27-11)18(26)25-24-7-10-13(19)15(21)17(23)16(22)14(10)20/h6-8H,2-5H2,1H3,(H,25,26)/b24-7+. The summed E-state index contributed by atoms with van der Waals surface area (Å²) in [6, 6.07) is 1.76. The molecule has 1 aromatic carbocycles. The minimum Gasteiger partial charge on any atom is -0.266 e. The molecule has 3 rings (SSSR count). The van der Waals surface area contributed by atoms with Crippen molar-refractivity contribution in [3.05, 3.63) is 56.0 Å². The Bertz CT molecular complexity index is 896. The number of thiophene rings is 1. The van der Waals surface area contributed by atoms with Crippen LogP contribution < -0.4 is 5.43 Å². The van der Waals surface area contributed by atoms with Crippen LogP contribution >= 0.6 is 11.3 Å². The second-order valence-corrected chi connectivity index (χ2v) is 7.40. The fraction of sp³-hybridized carbons (Fsp3) is 0.333. The van der Waals surface area contributed by atoms with E-state index in [1.54, 1.807) is 6.07 Å². The van der Waals surface area contributed by atoms with Gasteiger partial charge in [0.25, 0.3) is 5.91 Å². The van der Waals surface area contributed by atoms with Gasteiger partial charge in [0.15, 0.2) is 23.3 Å². The van der Waals surface area contributed by atoms with Crippen molar-refractivity contribution in [1.29, 1.82) is 0 Å². The average molecular weight is 402 g/mol. The minimum atomic E-state index is -2.25. The van der Waals surface area contributed by atoms with E-state index in [1.807, 2.05) is 0 Å². The number of hydrogen-bond donors (Lipinski definition) is 1. The molecule has 0 bridgehead atoms. The molecule has 1 amide bonds. The number of rotatable bonds is 4. The van der Waals surface area contributed by atoms with Gasteiger partial charge < -0.3 is 0 Å². The monoisotopic (exact) mass is 402 g/mol. The Morgan fingerprint density at radius 1 is 1.19 bits per heavy atom. The van der Waals surface area contributed by atoms with Gasteiger partial charge in [-0.25, -0.2) is 27.4 Å². The van der Waals surface area contributed by atoms with E-state index in [0.29, 0.717) is 17.0 Å². The lowest BCUT2D eigenvalue weighted by Crippen LogP contribution is -2.17. The number of nitrogens with one attached hydrogen (secondary N) is 1. The summed E-state index contributed by atoms with van der Waals surface area (Å²) >= 11 is 1.31. The first kappa shape index (κ1) is 19.5. The second-order valence-electron chi connectivity index (χ2n) is 6.26. The summed E-state index contributed by atoms with van der Waals surface area (Å²) in [6.07, 6.45) is 4.30. The molecule has 1 aliphatic rings. The van der Waals surface area contributed by atoms with Crippen molar-refractivity contribution in [3.63, 3.8) is 0 Å². The molecule has 9 heteroatoms. The van der Waals surface area contributed by atoms with Gasteiger partial charge in [-0.2, -0.15) is 5.10 Å². The molecular formula is C18H15F5N2OS. The van der Waals surface area contributed by atoms with Crippen LogP contribution in [0.3, 0.4) is 0 Å². The Morgan fingerprint density at radius 3 is 2.44 bits per heavy atom. The lowest BCUT2D eigenvalue weighted by molar-refractivity contribution is 0.0959. The van der Waals surface area contributed by atoms with Gasteiger partial charge in [-0.05, 0) is 36.8 Å². The number of amides is 1. The van der Waals surface area contributed by atoms with Gasteiger partial charge in [0.1, 0.15) is 0 Å². The highest BCUT2D eigenvalue weighted by Gasteiger charge is 2.25. The van der Waals surface area contributed by atoms with Crippen LogP contribution in [0, 0.1) is 35.0 Å². The summed E-state index contributed by atoms with van der Waals surface area (Å²) in [5.41, 5.74) is 1.94. The van der Waals surface area contributed by atoms with Crippen molar-refractivity contribution in [2.24, 2.45) is 11.0 Å². The maximum absolute atomic E-state index is 13.6. The molecule has 0 aliphatic heterocycles. The van der Waals surface area contributed by atoms with Gasteiger partial charge in [0.2, 0.25) is 5.82 Å². The Morgan fingerprint density at radius 2 is 1.81 bits per heavy atom. The van der Waals surface area contributed by atoms with E-state index < -0.39 is 40.6 Å². The molecule has 0 spiro atoms. The maximum atomic E-state index is 13.6. The molecule has 1 unspecified atom stereocenters. The zero-order valence-electron chi connectivity index (χ0n) is 14.2. The number of carbonyl (C=O) groups excluding carboxylic acids is 1. The van der Waals surface area contributed by atoms with Crippen LogP contribution in [0.25, 0.3) is 0 Å². The average Bonchev–Trinajstić information content (AvgIpc) is 3.10. The van der Waals surface area contributed by atoms with Crippen molar-refractivity contribution >= 4 is 23.5 Å². The van der Waals surface area contributed by atoms with Crippen molar-refractivity contribution in [3.8, 4) is 0 Å². The number of aryl methyl sites for hydroxylation is 1. The highest BCUT2D eigenvalue weighted by Crippen LogP contribution is 2.33. The molecule has 1 N–H and O–H groups in total. The summed E-state index contributed by atoms with van der Waals surface area (Å²) in [7, 11) is 0. The molecule has 0 saturated heterocycles. The van der Waals surface area contributed by atoms with Gasteiger partial charge >= 0.3 is 0 Å². The summed E-state index contributed by atoms with van der Waals surface area (Å²) in [5.74, 6) is -10.4. The van der Waals surface area contributed by atoms with E-state index in [2.05, 4.69) is 17.5 Å². The second kappa shape index (κ2) is 7.75. The van der Waals surface area contributed by atoms with Crippen LogP contribution in [0.4, 0.5) is 22.0 Å². The molecule has 0 radical (unpaired) electrons. The number of carbonyl (C=O) groups is 1. The van der Waals surface area contributed by atoms with E-state index in [0.717, 1.165) is 36.1 Å². The van der Waals surface area contributed by atoms with E-state index in [4.69, 9.17) is 0 Å². The first-order valence-corrected chi connectivity index (χ1v) is 9.11. The first-order valence-electron chi connectivity index (χ1n) is 8.29. The molecule has 1 aromatic heterocycles. The maximum Gasteiger partial charge on any atom is 0.281 e. The smallest absolute Gasteiger partial charge is 0.266 e. The van der Waals surface area contributed by atoms with Crippen molar-refractivity contribution in [1.82, 2.24) is 5.43 Å². The van der Waals surface area contributed by atoms with Crippen molar-refractivity contribution in [2.75, 3.05) is 0 Å². The SMILES string of the molecule is CCC1CCc2sc(C(=O)N/N=C/c3c(F)c(F)c(F)c(F)c3F)cc2C1. The highest BCUT2D eigenvalue weighted by atomic mass is 32.1. The van der Waals surface area contributed by atoms with Crippen LogP contribution in [0.1, 0.15) is 45.4 Å². The molecule has 27 heavy (non-hydrogen) atoms. The number of fused-ring (bicyclic) bond motifs is 1. The molecule has 0 fully saturated rings. The molecule has 2 aromatic rings. The van der Waals surface area contributed by atoms with E-state index >= 15 is 0 Å². The lowest BCUT2D eigenvalue weighted by atomic mass is 9.87. The van der Waals surface area contributed by atoms with Crippen LogP contribution in [-0.2, 0) is 12.8 Å². The fourth-order valence-corrected chi connectivity index (χ4v) is 4.10. The molecule has 144 valence electrons. The topological polar surface area (TPSA) is 41.5 Å². The Balaban J connectivity index is 1.75. The highest BCUT2D eigenvalue weighted by molar-refractivity contribution is 7.14. The van der Waals surface area contributed by atoms with E-state index in [-0.39, 0.29) is 0 Å². The predicted molar refractivity (Wildman–Crippen MR) is 91.4 cm³/mol. The third-order valence-corrected chi connectivity index (χ3v) is 5.83. The molecule has 0 saturated carbocycles. The zero-order chi connectivity index (χ0) is 19.7. The largest absolute Gasteiger partial charge is 0.281 e. The van der Waals surface area contributed by atoms with Crippen molar-refractivity contribution < 1.29 is 26.7 Å². The van der Waals surface area contributed by atoms with Crippen LogP contribution in [0.5, 0.6) is 0 Å². The molecule has 3 nitrogen and oxygen atoms in total. The number of nitrogens with zero attached hydrogens (tertiary/aromatic N) is 1.